The fourth-order valence-electron chi connectivity index (χ4n) is 1.90. The van der Waals surface area contributed by atoms with Crippen LogP contribution in [0.25, 0.3) is 0 Å². The third-order valence-corrected chi connectivity index (χ3v) is 4.61. The van der Waals surface area contributed by atoms with Crippen LogP contribution in [0.4, 0.5) is 11.4 Å². The molecule has 2 rings (SSSR count). The normalized spacial score (nSPS) is 11.5. The molecule has 0 saturated heterocycles. The molecule has 1 atom stereocenters. The lowest BCUT2D eigenvalue weighted by molar-refractivity contribution is -0.384. The van der Waals surface area contributed by atoms with Crippen LogP contribution in [-0.2, 0) is 14.3 Å². The van der Waals surface area contributed by atoms with Crippen LogP contribution in [-0.4, -0.2) is 28.7 Å². The Morgan fingerprint density at radius 1 is 1.23 bits per heavy atom. The number of non-ortho nitro benzene ring substituents is 1. The lowest BCUT2D eigenvalue weighted by atomic mass is 10.3. The Morgan fingerprint density at radius 2 is 1.88 bits per heavy atom. The van der Waals surface area contributed by atoms with Gasteiger partial charge in [-0.05, 0) is 31.2 Å². The molecule has 0 aliphatic rings. The van der Waals surface area contributed by atoms with Crippen molar-refractivity contribution in [2.75, 3.05) is 11.9 Å². The molecule has 0 saturated carbocycles. The summed E-state index contributed by atoms with van der Waals surface area (Å²) in [6.45, 7) is 1.19. The first-order valence-electron chi connectivity index (χ1n) is 7.49. The van der Waals surface area contributed by atoms with E-state index in [1.165, 1.54) is 23.9 Å². The van der Waals surface area contributed by atoms with E-state index in [1.54, 1.807) is 43.3 Å². The average Bonchev–Trinajstić information content (AvgIpc) is 2.62. The van der Waals surface area contributed by atoms with Crippen LogP contribution in [0.3, 0.4) is 0 Å². The zero-order valence-electron chi connectivity index (χ0n) is 13.7. The molecular weight excluding hydrogens is 380 g/mol. The van der Waals surface area contributed by atoms with Gasteiger partial charge in [0.1, 0.15) is 5.25 Å². The highest BCUT2D eigenvalue weighted by molar-refractivity contribution is 8.00. The van der Waals surface area contributed by atoms with Gasteiger partial charge in [0, 0.05) is 17.0 Å². The lowest BCUT2D eigenvalue weighted by Gasteiger charge is -2.11. The number of rotatable bonds is 7. The number of esters is 1. The smallest absolute Gasteiger partial charge is 0.319 e. The van der Waals surface area contributed by atoms with E-state index in [9.17, 15) is 19.7 Å². The molecule has 0 aliphatic carbocycles. The molecule has 0 unspecified atom stereocenters. The third-order valence-electron chi connectivity index (χ3n) is 3.19. The molecule has 1 N–H and O–H groups in total. The average molecular weight is 395 g/mol. The second-order valence-electron chi connectivity index (χ2n) is 5.15. The van der Waals surface area contributed by atoms with Crippen LogP contribution >= 0.6 is 23.4 Å². The van der Waals surface area contributed by atoms with Crippen molar-refractivity contribution in [2.24, 2.45) is 0 Å². The number of hydrogen-bond donors (Lipinski definition) is 1. The van der Waals surface area contributed by atoms with E-state index < -0.39 is 28.7 Å². The number of nitrogens with zero attached hydrogens (tertiary/aromatic N) is 1. The molecule has 2 aromatic carbocycles. The first kappa shape index (κ1) is 19.7. The van der Waals surface area contributed by atoms with Crippen molar-refractivity contribution in [1.29, 1.82) is 0 Å². The molecule has 0 spiro atoms. The molecule has 0 aromatic heterocycles. The molecular formula is C17H15ClN2O5S. The van der Waals surface area contributed by atoms with Crippen molar-refractivity contribution in [3.05, 3.63) is 63.7 Å². The molecule has 0 radical (unpaired) electrons. The fraction of sp³-hybridized carbons (Fsp3) is 0.176. The summed E-state index contributed by atoms with van der Waals surface area (Å²) >= 11 is 7.11. The second-order valence-corrected chi connectivity index (χ2v) is 6.97. The number of ether oxygens (including phenoxy) is 1. The van der Waals surface area contributed by atoms with Crippen molar-refractivity contribution in [3.63, 3.8) is 0 Å². The molecule has 9 heteroatoms. The highest BCUT2D eigenvalue weighted by Crippen LogP contribution is 2.26. The van der Waals surface area contributed by atoms with Gasteiger partial charge in [-0.15, -0.1) is 11.8 Å². The second kappa shape index (κ2) is 9.21. The third kappa shape index (κ3) is 5.75. The number of carbonyl (C=O) groups excluding carboxylic acids is 2. The number of nitro benzene ring substituents is 1. The standard InChI is InChI=1S/C17H15ClN2O5S/c1-11(26-13-8-6-12(7-9-13)20(23)24)17(22)25-10-16(21)19-15-5-3-2-4-14(15)18/h2-9,11H,10H2,1H3,(H,19,21)/t11-/m0/s1. The minimum absolute atomic E-state index is 0.0270. The van der Waals surface area contributed by atoms with Crippen LogP contribution in [0, 0.1) is 10.1 Å². The number of amides is 1. The lowest BCUT2D eigenvalue weighted by Crippen LogP contribution is -2.24. The maximum Gasteiger partial charge on any atom is 0.319 e. The van der Waals surface area contributed by atoms with Gasteiger partial charge < -0.3 is 10.1 Å². The summed E-state index contributed by atoms with van der Waals surface area (Å²) in [4.78, 5) is 34.6. The van der Waals surface area contributed by atoms with Crippen LogP contribution < -0.4 is 5.32 Å². The van der Waals surface area contributed by atoms with Gasteiger partial charge >= 0.3 is 5.97 Å². The number of para-hydroxylation sites is 1. The van der Waals surface area contributed by atoms with Crippen molar-refractivity contribution < 1.29 is 19.2 Å². The van der Waals surface area contributed by atoms with Gasteiger partial charge in [0.25, 0.3) is 11.6 Å². The molecule has 7 nitrogen and oxygen atoms in total. The Bertz CT molecular complexity index is 813. The summed E-state index contributed by atoms with van der Waals surface area (Å²) in [6.07, 6.45) is 0. The largest absolute Gasteiger partial charge is 0.455 e. The highest BCUT2D eigenvalue weighted by atomic mass is 35.5. The maximum atomic E-state index is 12.0. The van der Waals surface area contributed by atoms with Crippen LogP contribution in [0.15, 0.2) is 53.4 Å². The van der Waals surface area contributed by atoms with Crippen molar-refractivity contribution in [2.45, 2.75) is 17.1 Å². The number of carbonyl (C=O) groups is 2. The molecule has 1 amide bonds. The van der Waals surface area contributed by atoms with Gasteiger partial charge in [-0.2, -0.15) is 0 Å². The van der Waals surface area contributed by atoms with Gasteiger partial charge in [0.05, 0.1) is 15.6 Å². The summed E-state index contributed by atoms with van der Waals surface area (Å²) in [7, 11) is 0. The van der Waals surface area contributed by atoms with Crippen LogP contribution in [0.1, 0.15) is 6.92 Å². The SMILES string of the molecule is C[C@H](Sc1ccc([N+](=O)[O-])cc1)C(=O)OCC(=O)Nc1ccccc1Cl. The maximum absolute atomic E-state index is 12.0. The number of anilines is 1. The van der Waals surface area contributed by atoms with E-state index in [0.29, 0.717) is 15.6 Å². The molecule has 136 valence electrons. The summed E-state index contributed by atoms with van der Waals surface area (Å²) in [6, 6.07) is 12.5. The summed E-state index contributed by atoms with van der Waals surface area (Å²) < 4.78 is 4.99. The molecule has 0 aliphatic heterocycles. The van der Waals surface area contributed by atoms with E-state index in [2.05, 4.69) is 5.32 Å². The summed E-state index contributed by atoms with van der Waals surface area (Å²) in [5.41, 5.74) is 0.407. The number of benzene rings is 2. The number of nitrogens with one attached hydrogen (secondary N) is 1. The van der Waals surface area contributed by atoms with Crippen molar-refractivity contribution in [1.82, 2.24) is 0 Å². The van der Waals surface area contributed by atoms with Gasteiger partial charge in [-0.3, -0.25) is 19.7 Å². The van der Waals surface area contributed by atoms with E-state index in [1.807, 2.05) is 0 Å². The molecule has 26 heavy (non-hydrogen) atoms. The monoisotopic (exact) mass is 394 g/mol. The van der Waals surface area contributed by atoms with Gasteiger partial charge in [0.15, 0.2) is 6.61 Å². The Balaban J connectivity index is 1.82. The Morgan fingerprint density at radius 3 is 2.50 bits per heavy atom. The molecule has 0 fully saturated rings. The minimum atomic E-state index is -0.579. The molecule has 0 bridgehead atoms. The predicted molar refractivity (Wildman–Crippen MR) is 99.5 cm³/mol. The predicted octanol–water partition coefficient (Wildman–Crippen LogP) is 3.91. The molecule has 2 aromatic rings. The van der Waals surface area contributed by atoms with Crippen molar-refractivity contribution >= 4 is 46.6 Å². The van der Waals surface area contributed by atoms with Crippen molar-refractivity contribution in [3.8, 4) is 0 Å². The van der Waals surface area contributed by atoms with Gasteiger partial charge in [0.2, 0.25) is 0 Å². The summed E-state index contributed by atoms with van der Waals surface area (Å²) in [5.74, 6) is -1.07. The number of hydrogen-bond acceptors (Lipinski definition) is 6. The van der Waals surface area contributed by atoms with E-state index in [4.69, 9.17) is 16.3 Å². The zero-order valence-corrected chi connectivity index (χ0v) is 15.3. The minimum Gasteiger partial charge on any atom is -0.455 e. The highest BCUT2D eigenvalue weighted by Gasteiger charge is 2.18. The first-order valence-corrected chi connectivity index (χ1v) is 8.74. The Hall–Kier alpha value is -2.58. The van der Waals surface area contributed by atoms with Gasteiger partial charge in [-0.25, -0.2) is 0 Å². The number of thioether (sulfide) groups is 1. The van der Waals surface area contributed by atoms with E-state index in [-0.39, 0.29) is 5.69 Å². The Labute approximate surface area is 158 Å². The first-order chi connectivity index (χ1) is 12.4. The zero-order chi connectivity index (χ0) is 19.1. The number of halogens is 1. The van der Waals surface area contributed by atoms with E-state index >= 15 is 0 Å². The Kier molecular flexibility index (Phi) is 6.99. The van der Waals surface area contributed by atoms with Crippen LogP contribution in [0.2, 0.25) is 5.02 Å². The molecule has 0 heterocycles. The number of nitro groups is 1. The quantitative estimate of drug-likeness (QED) is 0.331. The van der Waals surface area contributed by atoms with E-state index in [0.717, 1.165) is 0 Å². The topological polar surface area (TPSA) is 98.5 Å². The summed E-state index contributed by atoms with van der Waals surface area (Å²) in [5, 5.41) is 13.0. The van der Waals surface area contributed by atoms with Crippen LogP contribution in [0.5, 0.6) is 0 Å². The van der Waals surface area contributed by atoms with Gasteiger partial charge in [-0.1, -0.05) is 23.7 Å². The fourth-order valence-corrected chi connectivity index (χ4v) is 2.95.